The van der Waals surface area contributed by atoms with Crippen LogP contribution in [-0.4, -0.2) is 67.4 Å². The van der Waals surface area contributed by atoms with Crippen LogP contribution in [0.1, 0.15) is 6.92 Å². The molecule has 0 radical (unpaired) electrons. The van der Waals surface area contributed by atoms with E-state index in [-0.39, 0.29) is 42.8 Å². The molecule has 2 rings (SSSR count). The summed E-state index contributed by atoms with van der Waals surface area (Å²) in [4.78, 5) is 14.2. The highest BCUT2D eigenvalue weighted by atomic mass is 35.5. The lowest BCUT2D eigenvalue weighted by Gasteiger charge is -2.29. The van der Waals surface area contributed by atoms with Gasteiger partial charge in [0, 0.05) is 37.3 Å². The Morgan fingerprint density at radius 1 is 1.47 bits per heavy atom. The van der Waals surface area contributed by atoms with Crippen LogP contribution >= 0.6 is 36.6 Å². The zero-order valence-corrected chi connectivity index (χ0v) is 13.5. The molecule has 2 fully saturated rings. The number of halogens is 2. The number of thioether (sulfide) groups is 1. The molecule has 2 atom stereocenters. The van der Waals surface area contributed by atoms with Crippen LogP contribution in [0.15, 0.2) is 0 Å². The van der Waals surface area contributed by atoms with E-state index in [4.69, 9.17) is 4.74 Å². The maximum Gasteiger partial charge on any atom is 0.238 e. The molecule has 114 valence electrons. The second-order valence-corrected chi connectivity index (χ2v) is 5.62. The van der Waals surface area contributed by atoms with E-state index < -0.39 is 0 Å². The topological polar surface area (TPSA) is 53.6 Å². The van der Waals surface area contributed by atoms with Gasteiger partial charge < -0.3 is 10.1 Å². The first-order valence-electron chi connectivity index (χ1n) is 6.17. The molecule has 0 bridgehead atoms. The highest BCUT2D eigenvalue weighted by Crippen LogP contribution is 2.09. The van der Waals surface area contributed by atoms with Crippen molar-refractivity contribution >= 4 is 42.5 Å². The number of morpholine rings is 1. The Kier molecular flexibility index (Phi) is 10.2. The highest BCUT2D eigenvalue weighted by Gasteiger charge is 2.24. The number of carbonyl (C=O) groups is 1. The summed E-state index contributed by atoms with van der Waals surface area (Å²) in [7, 11) is 0. The van der Waals surface area contributed by atoms with Gasteiger partial charge in [-0.25, -0.2) is 0 Å². The highest BCUT2D eigenvalue weighted by molar-refractivity contribution is 7.99. The van der Waals surface area contributed by atoms with E-state index in [1.807, 2.05) is 0 Å². The zero-order valence-electron chi connectivity index (χ0n) is 11.1. The minimum atomic E-state index is -0.00728. The van der Waals surface area contributed by atoms with Crippen molar-refractivity contribution in [1.29, 1.82) is 0 Å². The molecular formula is C11H23Cl2N3O2S. The van der Waals surface area contributed by atoms with E-state index in [9.17, 15) is 4.79 Å². The Hall–Kier alpha value is 0.280. The predicted molar refractivity (Wildman–Crippen MR) is 83.6 cm³/mol. The molecule has 0 spiro atoms. The fraction of sp³-hybridized carbons (Fsp3) is 0.909. The van der Waals surface area contributed by atoms with Gasteiger partial charge in [0.05, 0.1) is 19.3 Å². The molecule has 0 aromatic carbocycles. The second kappa shape index (κ2) is 10.1. The summed E-state index contributed by atoms with van der Waals surface area (Å²) in [6.07, 6.45) is 0. The van der Waals surface area contributed by atoms with Crippen molar-refractivity contribution in [1.82, 2.24) is 15.5 Å². The SMILES string of the molecule is CC(CN1CCOCC1)NC(=O)C1CSCN1.Cl.Cl. The van der Waals surface area contributed by atoms with E-state index in [1.54, 1.807) is 11.8 Å². The molecule has 0 saturated carbocycles. The smallest absolute Gasteiger partial charge is 0.238 e. The lowest BCUT2D eigenvalue weighted by Crippen LogP contribution is -2.50. The number of carbonyl (C=O) groups excluding carboxylic acids is 1. The third kappa shape index (κ3) is 6.51. The number of hydrogen-bond donors (Lipinski definition) is 2. The van der Waals surface area contributed by atoms with Crippen LogP contribution in [0, 0.1) is 0 Å². The van der Waals surface area contributed by atoms with Gasteiger partial charge in [0.2, 0.25) is 5.91 Å². The molecule has 2 aliphatic heterocycles. The van der Waals surface area contributed by atoms with Crippen LogP contribution in [0.4, 0.5) is 0 Å². The Labute approximate surface area is 131 Å². The van der Waals surface area contributed by atoms with Crippen LogP contribution < -0.4 is 10.6 Å². The number of rotatable bonds is 4. The minimum Gasteiger partial charge on any atom is -0.379 e. The van der Waals surface area contributed by atoms with E-state index in [0.717, 1.165) is 44.5 Å². The van der Waals surface area contributed by atoms with Gasteiger partial charge in [-0.1, -0.05) is 0 Å². The molecule has 2 heterocycles. The van der Waals surface area contributed by atoms with E-state index in [0.29, 0.717) is 0 Å². The first-order valence-corrected chi connectivity index (χ1v) is 7.33. The summed E-state index contributed by atoms with van der Waals surface area (Å²) in [5.74, 6) is 1.90. The summed E-state index contributed by atoms with van der Waals surface area (Å²) >= 11 is 1.77. The van der Waals surface area contributed by atoms with Gasteiger partial charge in [0.25, 0.3) is 0 Å². The molecule has 1 amide bonds. The van der Waals surface area contributed by atoms with Crippen molar-refractivity contribution < 1.29 is 9.53 Å². The summed E-state index contributed by atoms with van der Waals surface area (Å²) in [6, 6.07) is 0.195. The largest absolute Gasteiger partial charge is 0.379 e. The van der Waals surface area contributed by atoms with Crippen LogP contribution in [-0.2, 0) is 9.53 Å². The van der Waals surface area contributed by atoms with Crippen LogP contribution in [0.25, 0.3) is 0 Å². The Balaban J connectivity index is 0.00000162. The number of nitrogens with one attached hydrogen (secondary N) is 2. The number of amides is 1. The molecule has 0 aromatic rings. The molecule has 0 aromatic heterocycles. The Bertz CT molecular complexity index is 262. The molecule has 0 aliphatic carbocycles. The zero-order chi connectivity index (χ0) is 12.1. The molecule has 19 heavy (non-hydrogen) atoms. The lowest BCUT2D eigenvalue weighted by molar-refractivity contribution is -0.123. The molecule has 2 N–H and O–H groups in total. The van der Waals surface area contributed by atoms with E-state index >= 15 is 0 Å². The molecule has 2 saturated heterocycles. The van der Waals surface area contributed by atoms with Gasteiger partial charge in [0.15, 0.2) is 0 Å². The maximum absolute atomic E-state index is 11.9. The Morgan fingerprint density at radius 2 is 2.16 bits per heavy atom. The summed E-state index contributed by atoms with van der Waals surface area (Å²) < 4.78 is 5.30. The lowest BCUT2D eigenvalue weighted by atomic mass is 10.2. The summed E-state index contributed by atoms with van der Waals surface area (Å²) in [5, 5.41) is 6.25. The van der Waals surface area contributed by atoms with Crippen molar-refractivity contribution in [2.24, 2.45) is 0 Å². The first-order chi connectivity index (χ1) is 8.25. The predicted octanol–water partition coefficient (Wildman–Crippen LogP) is 0.329. The van der Waals surface area contributed by atoms with Crippen molar-refractivity contribution in [3.63, 3.8) is 0 Å². The molecular weight excluding hydrogens is 309 g/mol. The van der Waals surface area contributed by atoms with Gasteiger partial charge in [-0.2, -0.15) is 0 Å². The normalized spacial score (nSPS) is 25.0. The van der Waals surface area contributed by atoms with Crippen molar-refractivity contribution in [2.45, 2.75) is 19.0 Å². The minimum absolute atomic E-state index is 0. The second-order valence-electron chi connectivity index (χ2n) is 4.59. The van der Waals surface area contributed by atoms with E-state index in [1.165, 1.54) is 0 Å². The van der Waals surface area contributed by atoms with Crippen molar-refractivity contribution in [3.05, 3.63) is 0 Å². The number of nitrogens with zero attached hydrogens (tertiary/aromatic N) is 1. The van der Waals surface area contributed by atoms with Gasteiger partial charge >= 0.3 is 0 Å². The first kappa shape index (κ1) is 19.3. The van der Waals surface area contributed by atoms with Gasteiger partial charge in [-0.05, 0) is 6.92 Å². The monoisotopic (exact) mass is 331 g/mol. The average molecular weight is 332 g/mol. The third-order valence-corrected chi connectivity index (χ3v) is 4.00. The maximum atomic E-state index is 11.9. The fourth-order valence-electron chi connectivity index (χ4n) is 2.12. The van der Waals surface area contributed by atoms with Crippen LogP contribution in [0.3, 0.4) is 0 Å². The third-order valence-electron chi connectivity index (χ3n) is 3.06. The number of hydrogen-bond acceptors (Lipinski definition) is 5. The van der Waals surface area contributed by atoms with Crippen molar-refractivity contribution in [2.75, 3.05) is 44.5 Å². The van der Waals surface area contributed by atoms with E-state index in [2.05, 4.69) is 22.5 Å². The van der Waals surface area contributed by atoms with Gasteiger partial charge in [0.1, 0.15) is 0 Å². The van der Waals surface area contributed by atoms with Gasteiger partial charge in [-0.3, -0.25) is 15.0 Å². The fourth-order valence-corrected chi connectivity index (χ4v) is 3.07. The molecule has 5 nitrogen and oxygen atoms in total. The quantitative estimate of drug-likeness (QED) is 0.777. The number of ether oxygens (including phenoxy) is 1. The summed E-state index contributed by atoms with van der Waals surface area (Å²) in [6.45, 7) is 6.53. The molecule has 2 aliphatic rings. The standard InChI is InChI=1S/C11H21N3O2S.2ClH/c1-9(6-14-2-4-16-5-3-14)13-11(15)10-7-17-8-12-10;;/h9-10,12H,2-8H2,1H3,(H,13,15);2*1H. The average Bonchev–Trinajstić information content (AvgIpc) is 2.83. The molecule has 2 unspecified atom stereocenters. The summed E-state index contributed by atoms with van der Waals surface area (Å²) in [5.41, 5.74) is 0. The molecule has 8 heteroatoms. The Morgan fingerprint density at radius 3 is 2.74 bits per heavy atom. The van der Waals surface area contributed by atoms with Gasteiger partial charge in [-0.15, -0.1) is 36.6 Å². The van der Waals surface area contributed by atoms with Crippen LogP contribution in [0.5, 0.6) is 0 Å². The van der Waals surface area contributed by atoms with Crippen LogP contribution in [0.2, 0.25) is 0 Å². The van der Waals surface area contributed by atoms with Crippen molar-refractivity contribution in [3.8, 4) is 0 Å².